The summed E-state index contributed by atoms with van der Waals surface area (Å²) in [5.41, 5.74) is 0.749. The van der Waals surface area contributed by atoms with E-state index < -0.39 is 17.3 Å². The van der Waals surface area contributed by atoms with Crippen LogP contribution in [0.2, 0.25) is 0 Å². The zero-order chi connectivity index (χ0) is 27.7. The zero-order valence-electron chi connectivity index (χ0n) is 22.8. The fraction of sp³-hybridized carbons (Fsp3) is 0.571. The molecule has 0 spiro atoms. The first kappa shape index (κ1) is 26.8. The summed E-state index contributed by atoms with van der Waals surface area (Å²) in [7, 11) is 0. The van der Waals surface area contributed by atoms with Gasteiger partial charge in [0.15, 0.2) is 11.1 Å². The van der Waals surface area contributed by atoms with E-state index in [4.69, 9.17) is 4.98 Å². The van der Waals surface area contributed by atoms with Gasteiger partial charge in [-0.3, -0.25) is 19.1 Å². The van der Waals surface area contributed by atoms with Crippen molar-refractivity contribution < 1.29 is 19.5 Å². The van der Waals surface area contributed by atoms with Crippen molar-refractivity contribution in [3.63, 3.8) is 0 Å². The van der Waals surface area contributed by atoms with Crippen LogP contribution in [0.5, 0.6) is 0 Å². The number of hydrogen-bond donors (Lipinski definition) is 3. The number of piperidine rings is 1. The van der Waals surface area contributed by atoms with Crippen LogP contribution in [0.1, 0.15) is 80.8 Å². The smallest absolute Gasteiger partial charge is 0.319 e. The molecule has 1 saturated carbocycles. The number of aromatic nitrogens is 5. The minimum absolute atomic E-state index is 0.0134. The predicted octanol–water partition coefficient (Wildman–Crippen LogP) is 3.01. The van der Waals surface area contributed by atoms with Crippen molar-refractivity contribution in [2.75, 3.05) is 6.54 Å². The second-order valence-corrected chi connectivity index (χ2v) is 11.2. The molecule has 5 rings (SSSR count). The Morgan fingerprint density at radius 3 is 2.64 bits per heavy atom. The monoisotopic (exact) mass is 535 g/mol. The van der Waals surface area contributed by atoms with E-state index in [1.54, 1.807) is 33.6 Å². The summed E-state index contributed by atoms with van der Waals surface area (Å²) in [5, 5.41) is 25.0. The van der Waals surface area contributed by atoms with Crippen molar-refractivity contribution in [3.05, 3.63) is 47.7 Å². The third-order valence-corrected chi connectivity index (χ3v) is 8.73. The number of carboxylic acid groups (broad SMARTS) is 1. The molecule has 11 heteroatoms. The van der Waals surface area contributed by atoms with E-state index in [-0.39, 0.29) is 30.2 Å². The summed E-state index contributed by atoms with van der Waals surface area (Å²) in [6.07, 6.45) is 8.18. The van der Waals surface area contributed by atoms with E-state index in [9.17, 15) is 19.5 Å². The Morgan fingerprint density at radius 1 is 1.18 bits per heavy atom. The number of hydrogen-bond acceptors (Lipinski definition) is 6. The van der Waals surface area contributed by atoms with Gasteiger partial charge in [-0.15, -0.1) is 0 Å². The molecule has 39 heavy (non-hydrogen) atoms. The molecule has 2 fully saturated rings. The normalized spacial score (nSPS) is 26.2. The first-order valence-corrected chi connectivity index (χ1v) is 13.9. The highest BCUT2D eigenvalue weighted by Gasteiger charge is 2.52. The van der Waals surface area contributed by atoms with Gasteiger partial charge in [-0.1, -0.05) is 26.7 Å². The molecule has 3 aromatic heterocycles. The van der Waals surface area contributed by atoms with Gasteiger partial charge in [0, 0.05) is 25.7 Å². The van der Waals surface area contributed by atoms with Crippen LogP contribution >= 0.6 is 0 Å². The third-order valence-electron chi connectivity index (χ3n) is 8.73. The number of carboxylic acids is 1. The van der Waals surface area contributed by atoms with Gasteiger partial charge in [0.25, 0.3) is 5.91 Å². The maximum atomic E-state index is 13.3. The first-order valence-electron chi connectivity index (χ1n) is 13.9. The lowest BCUT2D eigenvalue weighted by Crippen LogP contribution is -2.56. The number of aryl methyl sites for hydroxylation is 1. The fourth-order valence-corrected chi connectivity index (χ4v) is 6.18. The molecule has 1 aliphatic heterocycles. The summed E-state index contributed by atoms with van der Waals surface area (Å²) in [5.74, 6) is -1.24. The van der Waals surface area contributed by atoms with Crippen LogP contribution in [0.4, 0.5) is 0 Å². The van der Waals surface area contributed by atoms with E-state index >= 15 is 0 Å². The van der Waals surface area contributed by atoms with Crippen molar-refractivity contribution in [1.29, 1.82) is 0 Å². The van der Waals surface area contributed by atoms with E-state index in [0.29, 0.717) is 48.2 Å². The molecule has 1 saturated heterocycles. The molecule has 4 heterocycles. The van der Waals surface area contributed by atoms with Crippen LogP contribution in [0.15, 0.2) is 30.6 Å². The van der Waals surface area contributed by atoms with Crippen LogP contribution in [0.25, 0.3) is 5.65 Å². The van der Waals surface area contributed by atoms with Gasteiger partial charge in [0.05, 0.1) is 23.6 Å². The second kappa shape index (κ2) is 10.8. The maximum absolute atomic E-state index is 13.3. The summed E-state index contributed by atoms with van der Waals surface area (Å²) >= 11 is 0. The SMILES string of the molecule is CCn1nccc1C(=O)N[C@H](c1cn2nc(CC3(C(=O)O)C(=O)NCCC3C)ccc2n1)[C@H]1CC[C@H](C)CC1. The van der Waals surface area contributed by atoms with Crippen LogP contribution in [0, 0.1) is 23.2 Å². The van der Waals surface area contributed by atoms with Crippen LogP contribution in [0.3, 0.4) is 0 Å². The fourth-order valence-electron chi connectivity index (χ4n) is 6.18. The van der Waals surface area contributed by atoms with Crippen molar-refractivity contribution >= 4 is 23.4 Å². The van der Waals surface area contributed by atoms with Gasteiger partial charge in [-0.2, -0.15) is 10.2 Å². The number of nitrogens with one attached hydrogen (secondary N) is 2. The first-order chi connectivity index (χ1) is 18.7. The number of amides is 2. The molecule has 0 radical (unpaired) electrons. The van der Waals surface area contributed by atoms with Crippen molar-refractivity contribution in [3.8, 4) is 0 Å². The molecule has 1 aliphatic carbocycles. The highest BCUT2D eigenvalue weighted by Crippen LogP contribution is 2.38. The molecule has 2 unspecified atom stereocenters. The molecule has 2 amide bonds. The molecule has 2 aliphatic rings. The Balaban J connectivity index is 1.46. The lowest BCUT2D eigenvalue weighted by atomic mass is 9.69. The van der Waals surface area contributed by atoms with E-state index in [2.05, 4.69) is 27.8 Å². The lowest BCUT2D eigenvalue weighted by molar-refractivity contribution is -0.162. The van der Waals surface area contributed by atoms with Crippen molar-refractivity contribution in [1.82, 2.24) is 35.0 Å². The predicted molar refractivity (Wildman–Crippen MR) is 143 cm³/mol. The van der Waals surface area contributed by atoms with Crippen LogP contribution in [-0.2, 0) is 22.6 Å². The number of nitrogens with zero attached hydrogens (tertiary/aromatic N) is 5. The quantitative estimate of drug-likeness (QED) is 0.376. The number of fused-ring (bicyclic) bond motifs is 1. The number of rotatable bonds is 8. The lowest BCUT2D eigenvalue weighted by Gasteiger charge is -2.37. The Labute approximate surface area is 227 Å². The molecule has 0 aromatic carbocycles. The molecule has 11 nitrogen and oxygen atoms in total. The molecule has 3 N–H and O–H groups in total. The van der Waals surface area contributed by atoms with Crippen molar-refractivity contribution in [2.24, 2.45) is 23.2 Å². The summed E-state index contributed by atoms with van der Waals surface area (Å²) in [6.45, 7) is 7.08. The maximum Gasteiger partial charge on any atom is 0.319 e. The Kier molecular flexibility index (Phi) is 7.42. The van der Waals surface area contributed by atoms with Crippen molar-refractivity contribution in [2.45, 2.75) is 71.9 Å². The summed E-state index contributed by atoms with van der Waals surface area (Å²) < 4.78 is 3.31. The molecular formula is C28H37N7O4. The molecular weight excluding hydrogens is 498 g/mol. The van der Waals surface area contributed by atoms with E-state index in [0.717, 1.165) is 25.7 Å². The Hall–Kier alpha value is -3.76. The zero-order valence-corrected chi connectivity index (χ0v) is 22.8. The highest BCUT2D eigenvalue weighted by atomic mass is 16.4. The van der Waals surface area contributed by atoms with Gasteiger partial charge in [0.2, 0.25) is 5.91 Å². The molecule has 0 bridgehead atoms. The van der Waals surface area contributed by atoms with E-state index in [1.165, 1.54) is 0 Å². The highest BCUT2D eigenvalue weighted by molar-refractivity contribution is 6.03. The van der Waals surface area contributed by atoms with Crippen LogP contribution in [-0.4, -0.2) is 53.8 Å². The summed E-state index contributed by atoms with van der Waals surface area (Å²) in [4.78, 5) is 43.3. The van der Waals surface area contributed by atoms with E-state index in [1.807, 2.05) is 20.0 Å². The largest absolute Gasteiger partial charge is 0.480 e. The summed E-state index contributed by atoms with van der Waals surface area (Å²) in [6, 6.07) is 4.95. The van der Waals surface area contributed by atoms with Crippen LogP contribution < -0.4 is 10.6 Å². The molecule has 208 valence electrons. The van der Waals surface area contributed by atoms with Gasteiger partial charge in [-0.25, -0.2) is 9.50 Å². The molecule has 3 aromatic rings. The Bertz CT molecular complexity index is 1370. The number of aliphatic carboxylic acids is 1. The third kappa shape index (κ3) is 5.02. The van der Waals surface area contributed by atoms with Gasteiger partial charge in [0.1, 0.15) is 5.69 Å². The van der Waals surface area contributed by atoms with Gasteiger partial charge >= 0.3 is 5.97 Å². The number of carbonyl (C=O) groups excluding carboxylic acids is 2. The Morgan fingerprint density at radius 2 is 1.95 bits per heavy atom. The van der Waals surface area contributed by atoms with Gasteiger partial charge < -0.3 is 15.7 Å². The average molecular weight is 536 g/mol. The topological polar surface area (TPSA) is 144 Å². The second-order valence-electron chi connectivity index (χ2n) is 11.2. The average Bonchev–Trinajstić information content (AvgIpc) is 3.56. The minimum atomic E-state index is -1.57. The minimum Gasteiger partial charge on any atom is -0.480 e. The molecule has 3 atom stereocenters. The number of imidazole rings is 1. The standard InChI is InChI=1S/C28H37N7O4/c1-4-34-22(12-14-30-34)25(36)32-24(19-7-5-17(2)6-8-19)21-16-35-23(31-21)10-9-20(33-35)15-28(27(38)39)18(3)11-13-29-26(28)37/h9-10,12,14,16-19,24H,4-8,11,13,15H2,1-3H3,(H,29,37)(H,32,36)(H,38,39)/t17-,18?,19-,24-,28?/m0/s1. The number of carbonyl (C=O) groups is 3. The van der Waals surface area contributed by atoms with Gasteiger partial charge in [-0.05, 0) is 62.1 Å².